The van der Waals surface area contributed by atoms with Gasteiger partial charge in [0.25, 0.3) is 0 Å². The third-order valence-corrected chi connectivity index (χ3v) is 3.10. The molecule has 1 aromatic carbocycles. The zero-order chi connectivity index (χ0) is 15.6. The Kier molecular flexibility index (Phi) is 4.37. The molecule has 6 heteroatoms. The predicted molar refractivity (Wildman–Crippen MR) is 74.8 cm³/mol. The maximum Gasteiger partial charge on any atom is 0.341 e. The monoisotopic (exact) mass is 292 g/mol. The summed E-state index contributed by atoms with van der Waals surface area (Å²) >= 11 is 0. The fraction of sp³-hybridized carbons (Fsp3) is 0.333. The highest BCUT2D eigenvalue weighted by Gasteiger charge is 2.16. The lowest BCUT2D eigenvalue weighted by Crippen LogP contribution is -2.06. The molecule has 1 heterocycles. The highest BCUT2D eigenvalue weighted by Crippen LogP contribution is 2.25. The number of aliphatic hydroxyl groups excluding tert-OH is 1. The fourth-order valence-corrected chi connectivity index (χ4v) is 1.99. The summed E-state index contributed by atoms with van der Waals surface area (Å²) in [5, 5.41) is 13.9. The van der Waals surface area contributed by atoms with E-state index in [-0.39, 0.29) is 6.61 Å². The normalized spacial score (nSPS) is 12.2. The number of aromatic nitrogens is 2. The quantitative estimate of drug-likeness (QED) is 0.880. The molecule has 0 aliphatic carbocycles. The van der Waals surface area contributed by atoms with E-state index in [9.17, 15) is 14.3 Å². The van der Waals surface area contributed by atoms with E-state index in [0.717, 1.165) is 0 Å². The summed E-state index contributed by atoms with van der Waals surface area (Å²) in [6.07, 6.45) is 2.02. The number of aryl methyl sites for hydroxylation is 1. The molecule has 0 aliphatic heterocycles. The first kappa shape index (κ1) is 15.2. The number of nitrogens with zero attached hydrogens (tertiary/aromatic N) is 2. The van der Waals surface area contributed by atoms with Crippen LogP contribution in [0.2, 0.25) is 0 Å². The van der Waals surface area contributed by atoms with Crippen LogP contribution in [0.5, 0.6) is 0 Å². The van der Waals surface area contributed by atoms with E-state index in [1.54, 1.807) is 26.8 Å². The lowest BCUT2D eigenvalue weighted by molar-refractivity contribution is 0.0526. The van der Waals surface area contributed by atoms with Gasteiger partial charge in [0.15, 0.2) is 0 Å². The summed E-state index contributed by atoms with van der Waals surface area (Å²) in [5.74, 6) is -0.867. The van der Waals surface area contributed by atoms with Gasteiger partial charge in [0.1, 0.15) is 5.82 Å². The van der Waals surface area contributed by atoms with Crippen LogP contribution >= 0.6 is 0 Å². The van der Waals surface area contributed by atoms with E-state index in [1.807, 2.05) is 0 Å². The summed E-state index contributed by atoms with van der Waals surface area (Å²) in [6, 6.07) is 2.86. The van der Waals surface area contributed by atoms with Crippen LogP contribution in [-0.4, -0.2) is 27.5 Å². The Morgan fingerprint density at radius 1 is 1.52 bits per heavy atom. The number of aliphatic hydroxyl groups is 1. The maximum atomic E-state index is 13.7. The first-order valence-electron chi connectivity index (χ1n) is 6.64. The molecule has 1 aromatic heterocycles. The molecule has 0 saturated carbocycles. The molecule has 0 bridgehead atoms. The minimum absolute atomic E-state index is 0.276. The molecule has 5 nitrogen and oxygen atoms in total. The molecule has 1 N–H and O–H groups in total. The Balaban J connectivity index is 2.47. The third-order valence-electron chi connectivity index (χ3n) is 3.10. The Morgan fingerprint density at radius 2 is 2.24 bits per heavy atom. The number of rotatable bonds is 4. The number of halogens is 1. The highest BCUT2D eigenvalue weighted by atomic mass is 19.1. The van der Waals surface area contributed by atoms with Crippen molar-refractivity contribution < 1.29 is 19.0 Å². The van der Waals surface area contributed by atoms with Crippen LogP contribution < -0.4 is 0 Å². The zero-order valence-corrected chi connectivity index (χ0v) is 12.1. The van der Waals surface area contributed by atoms with E-state index in [4.69, 9.17) is 4.74 Å². The van der Waals surface area contributed by atoms with Crippen LogP contribution in [0.15, 0.2) is 24.5 Å². The number of carbonyl (C=O) groups is 1. The number of hydrogen-bond acceptors (Lipinski definition) is 4. The summed E-state index contributed by atoms with van der Waals surface area (Å²) < 4.78 is 20.0. The average molecular weight is 292 g/mol. The summed E-state index contributed by atoms with van der Waals surface area (Å²) in [5.41, 5.74) is 1.66. The molecule has 0 aliphatic rings. The molecular formula is C15H17FN2O3. The minimum Gasteiger partial charge on any atom is -0.462 e. The molecule has 0 spiro atoms. The molecule has 2 aromatic rings. The van der Waals surface area contributed by atoms with Crippen molar-refractivity contribution in [3.8, 4) is 5.69 Å². The maximum absolute atomic E-state index is 13.7. The van der Waals surface area contributed by atoms with Crippen LogP contribution in [0.4, 0.5) is 4.39 Å². The second-order valence-electron chi connectivity index (χ2n) is 4.73. The average Bonchev–Trinajstić information content (AvgIpc) is 2.91. The number of benzene rings is 1. The topological polar surface area (TPSA) is 64.3 Å². The van der Waals surface area contributed by atoms with Gasteiger partial charge in [-0.1, -0.05) is 0 Å². The van der Waals surface area contributed by atoms with Crippen LogP contribution in [0.1, 0.15) is 41.4 Å². The van der Waals surface area contributed by atoms with Gasteiger partial charge in [0.2, 0.25) is 0 Å². The van der Waals surface area contributed by atoms with Gasteiger partial charge in [-0.05, 0) is 38.5 Å². The van der Waals surface area contributed by atoms with Gasteiger partial charge in [-0.15, -0.1) is 0 Å². The van der Waals surface area contributed by atoms with E-state index in [1.165, 1.54) is 23.1 Å². The van der Waals surface area contributed by atoms with Crippen molar-refractivity contribution >= 4 is 5.97 Å². The van der Waals surface area contributed by atoms with Crippen molar-refractivity contribution in [2.45, 2.75) is 26.9 Å². The molecule has 21 heavy (non-hydrogen) atoms. The van der Waals surface area contributed by atoms with E-state index in [0.29, 0.717) is 22.4 Å². The van der Waals surface area contributed by atoms with Gasteiger partial charge in [0.05, 0.1) is 30.2 Å². The Bertz CT molecular complexity index is 665. The lowest BCUT2D eigenvalue weighted by atomic mass is 10.0. The highest BCUT2D eigenvalue weighted by molar-refractivity contribution is 5.88. The SMILES string of the molecule is CCOC(=O)c1cnn(-c2cc(C)c(F)cc2[C@@H](C)O)c1. The molecule has 0 unspecified atom stereocenters. The molecule has 0 fully saturated rings. The largest absolute Gasteiger partial charge is 0.462 e. The Hall–Kier alpha value is -2.21. The second-order valence-corrected chi connectivity index (χ2v) is 4.73. The van der Waals surface area contributed by atoms with Gasteiger partial charge in [-0.2, -0.15) is 5.10 Å². The van der Waals surface area contributed by atoms with Crippen LogP contribution in [0, 0.1) is 12.7 Å². The van der Waals surface area contributed by atoms with Crippen LogP contribution in [-0.2, 0) is 4.74 Å². The van der Waals surface area contributed by atoms with Crippen LogP contribution in [0.25, 0.3) is 5.69 Å². The number of esters is 1. The van der Waals surface area contributed by atoms with Gasteiger partial charge >= 0.3 is 5.97 Å². The van der Waals surface area contributed by atoms with Crippen molar-refractivity contribution in [3.63, 3.8) is 0 Å². The molecule has 0 amide bonds. The minimum atomic E-state index is -0.856. The van der Waals surface area contributed by atoms with Crippen molar-refractivity contribution in [3.05, 3.63) is 47.0 Å². The lowest BCUT2D eigenvalue weighted by Gasteiger charge is -2.13. The summed E-state index contributed by atoms with van der Waals surface area (Å²) in [4.78, 5) is 11.6. The first-order chi connectivity index (χ1) is 9.93. The predicted octanol–water partition coefficient (Wildman–Crippen LogP) is 2.55. The standard InChI is InChI=1S/C15H17FN2O3/c1-4-21-15(20)11-7-17-18(8-11)14-5-9(2)13(16)6-12(14)10(3)19/h5-8,10,19H,4H2,1-3H3/t10-/m1/s1. The number of carbonyl (C=O) groups excluding carboxylic acids is 1. The Morgan fingerprint density at radius 3 is 2.86 bits per heavy atom. The molecule has 0 saturated heterocycles. The molecule has 2 rings (SSSR count). The van der Waals surface area contributed by atoms with E-state index in [2.05, 4.69) is 5.10 Å². The van der Waals surface area contributed by atoms with Gasteiger partial charge in [-0.3, -0.25) is 0 Å². The zero-order valence-electron chi connectivity index (χ0n) is 12.1. The third kappa shape index (κ3) is 3.11. The van der Waals surface area contributed by atoms with Crippen molar-refractivity contribution in [2.75, 3.05) is 6.61 Å². The van der Waals surface area contributed by atoms with Gasteiger partial charge < -0.3 is 9.84 Å². The number of ether oxygens (including phenoxy) is 1. The summed E-state index contributed by atoms with van der Waals surface area (Å²) in [7, 11) is 0. The van der Waals surface area contributed by atoms with E-state index >= 15 is 0 Å². The van der Waals surface area contributed by atoms with Gasteiger partial charge in [0, 0.05) is 11.8 Å². The number of hydrogen-bond donors (Lipinski definition) is 1. The second kappa shape index (κ2) is 6.05. The molecule has 1 atom stereocenters. The van der Waals surface area contributed by atoms with E-state index < -0.39 is 17.9 Å². The van der Waals surface area contributed by atoms with Crippen molar-refractivity contribution in [1.29, 1.82) is 0 Å². The van der Waals surface area contributed by atoms with Gasteiger partial charge in [-0.25, -0.2) is 13.9 Å². The van der Waals surface area contributed by atoms with Crippen LogP contribution in [0.3, 0.4) is 0 Å². The van der Waals surface area contributed by atoms with Crippen molar-refractivity contribution in [1.82, 2.24) is 9.78 Å². The molecular weight excluding hydrogens is 275 g/mol. The fourth-order valence-electron chi connectivity index (χ4n) is 1.99. The molecule has 0 radical (unpaired) electrons. The smallest absolute Gasteiger partial charge is 0.341 e. The molecule has 112 valence electrons. The first-order valence-corrected chi connectivity index (χ1v) is 6.64. The Labute approximate surface area is 122 Å². The summed E-state index contributed by atoms with van der Waals surface area (Å²) in [6.45, 7) is 5.17. The van der Waals surface area contributed by atoms with Crippen molar-refractivity contribution in [2.24, 2.45) is 0 Å².